The third-order valence-electron chi connectivity index (χ3n) is 5.10. The van der Waals surface area contributed by atoms with E-state index in [2.05, 4.69) is 53.8 Å². The molecule has 1 N–H and O–H groups in total. The minimum atomic E-state index is -1.73. The molecule has 0 radical (unpaired) electrons. The zero-order chi connectivity index (χ0) is 14.9. The van der Waals surface area contributed by atoms with Crippen molar-refractivity contribution in [1.82, 2.24) is 0 Å². The fourth-order valence-corrected chi connectivity index (χ4v) is 3.20. The van der Waals surface area contributed by atoms with Gasteiger partial charge in [0, 0.05) is 12.0 Å². The Kier molecular flexibility index (Phi) is 5.08. The fraction of sp³-hybridized carbons (Fsp3) is 0.875. The predicted octanol–water partition coefficient (Wildman–Crippen LogP) is 4.51. The first-order valence-electron chi connectivity index (χ1n) is 7.46. The van der Waals surface area contributed by atoms with Crippen LogP contribution in [0.3, 0.4) is 0 Å². The molecule has 112 valence electrons. The van der Waals surface area contributed by atoms with Crippen molar-refractivity contribution in [2.45, 2.75) is 78.1 Å². The van der Waals surface area contributed by atoms with Crippen LogP contribution in [0.15, 0.2) is 11.6 Å². The van der Waals surface area contributed by atoms with Gasteiger partial charge in [-0.1, -0.05) is 39.3 Å². The third kappa shape index (κ3) is 4.17. The van der Waals surface area contributed by atoms with Crippen LogP contribution in [0.4, 0.5) is 0 Å². The Morgan fingerprint density at radius 2 is 2.00 bits per heavy atom. The molecule has 0 spiro atoms. The Hall–Kier alpha value is -0.123. The summed E-state index contributed by atoms with van der Waals surface area (Å²) in [5.41, 5.74) is 1.27. The van der Waals surface area contributed by atoms with Gasteiger partial charge in [-0.05, 0) is 44.3 Å². The third-order valence-corrected chi connectivity index (χ3v) is 9.58. The molecule has 2 nitrogen and oxygen atoms in total. The molecule has 0 fully saturated rings. The lowest BCUT2D eigenvalue weighted by Gasteiger charge is -2.41. The predicted molar refractivity (Wildman–Crippen MR) is 84.9 cm³/mol. The summed E-state index contributed by atoms with van der Waals surface area (Å²) < 4.78 is 6.35. The molecule has 2 atom stereocenters. The molecule has 19 heavy (non-hydrogen) atoms. The first-order valence-corrected chi connectivity index (χ1v) is 10.4. The van der Waals surface area contributed by atoms with E-state index in [1.54, 1.807) is 0 Å². The molecule has 1 rings (SSSR count). The summed E-state index contributed by atoms with van der Waals surface area (Å²) in [6.07, 6.45) is 4.82. The minimum Gasteiger partial charge on any atom is -0.416 e. The van der Waals surface area contributed by atoms with Crippen LogP contribution in [-0.4, -0.2) is 26.1 Å². The summed E-state index contributed by atoms with van der Waals surface area (Å²) in [5.74, 6) is 0. The zero-order valence-corrected chi connectivity index (χ0v) is 14.8. The van der Waals surface area contributed by atoms with Crippen LogP contribution in [0.25, 0.3) is 0 Å². The number of aliphatic hydroxyl groups excluding tert-OH is 1. The molecular formula is C16H32O2Si. The molecule has 0 saturated carbocycles. The van der Waals surface area contributed by atoms with Crippen molar-refractivity contribution in [1.29, 1.82) is 0 Å². The van der Waals surface area contributed by atoms with Gasteiger partial charge in [0.15, 0.2) is 8.32 Å². The maximum atomic E-state index is 10.4. The highest BCUT2D eigenvalue weighted by atomic mass is 28.4. The van der Waals surface area contributed by atoms with E-state index in [1.807, 2.05) is 0 Å². The molecule has 0 heterocycles. The van der Waals surface area contributed by atoms with E-state index in [9.17, 15) is 5.11 Å². The molecule has 0 aliphatic heterocycles. The molecule has 0 bridgehead atoms. The molecule has 1 aliphatic rings. The van der Waals surface area contributed by atoms with Crippen molar-refractivity contribution in [2.24, 2.45) is 5.41 Å². The second-order valence-electron chi connectivity index (χ2n) is 8.01. The van der Waals surface area contributed by atoms with E-state index >= 15 is 0 Å². The van der Waals surface area contributed by atoms with Crippen molar-refractivity contribution in [2.75, 3.05) is 6.61 Å². The van der Waals surface area contributed by atoms with Crippen molar-refractivity contribution in [3.8, 4) is 0 Å². The van der Waals surface area contributed by atoms with E-state index in [0.717, 1.165) is 19.3 Å². The molecular weight excluding hydrogens is 252 g/mol. The highest BCUT2D eigenvalue weighted by Gasteiger charge is 2.41. The summed E-state index contributed by atoms with van der Waals surface area (Å²) in [6, 6.07) is 0. The van der Waals surface area contributed by atoms with Gasteiger partial charge >= 0.3 is 0 Å². The Morgan fingerprint density at radius 1 is 1.42 bits per heavy atom. The van der Waals surface area contributed by atoms with Crippen molar-refractivity contribution in [3.63, 3.8) is 0 Å². The van der Waals surface area contributed by atoms with Crippen molar-refractivity contribution >= 4 is 8.32 Å². The molecule has 3 heteroatoms. The number of hydrogen-bond acceptors (Lipinski definition) is 2. The smallest absolute Gasteiger partial charge is 0.192 e. The van der Waals surface area contributed by atoms with Crippen LogP contribution in [0.1, 0.15) is 53.9 Å². The van der Waals surface area contributed by atoms with E-state index in [1.165, 1.54) is 5.57 Å². The second kappa shape index (κ2) is 5.70. The molecule has 1 aliphatic carbocycles. The Morgan fingerprint density at radius 3 is 2.53 bits per heavy atom. The maximum absolute atomic E-state index is 10.4. The molecule has 0 aromatic carbocycles. The molecule has 0 aromatic rings. The van der Waals surface area contributed by atoms with Gasteiger partial charge in [0.1, 0.15) is 0 Å². The van der Waals surface area contributed by atoms with Gasteiger partial charge in [0.05, 0.1) is 6.10 Å². The zero-order valence-electron chi connectivity index (χ0n) is 13.8. The van der Waals surface area contributed by atoms with Gasteiger partial charge in [0.25, 0.3) is 0 Å². The number of hydrogen-bond donors (Lipinski definition) is 1. The monoisotopic (exact) mass is 284 g/mol. The van der Waals surface area contributed by atoms with Crippen molar-refractivity contribution in [3.05, 3.63) is 11.6 Å². The lowest BCUT2D eigenvalue weighted by Crippen LogP contribution is -2.46. The SMILES string of the molecule is CC1=CC[C@](C)(CO[Si](C)(C)C(C)(C)C)[C@@H](O)CC1. The fourth-order valence-electron chi connectivity index (χ4n) is 2.08. The molecule has 0 amide bonds. The summed E-state index contributed by atoms with van der Waals surface area (Å²) in [4.78, 5) is 0. The largest absolute Gasteiger partial charge is 0.416 e. The average molecular weight is 285 g/mol. The van der Waals surface area contributed by atoms with Gasteiger partial charge in [-0.2, -0.15) is 0 Å². The van der Waals surface area contributed by atoms with Crippen LogP contribution >= 0.6 is 0 Å². The quantitative estimate of drug-likeness (QED) is 0.610. The number of aliphatic hydroxyl groups is 1. The van der Waals surface area contributed by atoms with E-state index in [-0.39, 0.29) is 16.6 Å². The van der Waals surface area contributed by atoms with Gasteiger partial charge in [0.2, 0.25) is 0 Å². The Labute approximate surface area is 120 Å². The average Bonchev–Trinajstić information content (AvgIpc) is 2.40. The lowest BCUT2D eigenvalue weighted by molar-refractivity contribution is -0.00144. The topological polar surface area (TPSA) is 29.5 Å². The molecule has 0 unspecified atom stereocenters. The van der Waals surface area contributed by atoms with Gasteiger partial charge in [-0.25, -0.2) is 0 Å². The Bertz CT molecular complexity index is 341. The van der Waals surface area contributed by atoms with E-state index < -0.39 is 8.32 Å². The summed E-state index contributed by atoms with van der Waals surface area (Å²) in [6.45, 7) is 16.3. The second-order valence-corrected chi connectivity index (χ2v) is 12.8. The lowest BCUT2D eigenvalue weighted by atomic mass is 9.81. The highest BCUT2D eigenvalue weighted by Crippen LogP contribution is 2.40. The first kappa shape index (κ1) is 16.9. The van der Waals surface area contributed by atoms with Crippen LogP contribution in [0, 0.1) is 5.41 Å². The van der Waals surface area contributed by atoms with Gasteiger partial charge in [-0.3, -0.25) is 0 Å². The Balaban J connectivity index is 2.74. The van der Waals surface area contributed by atoms with Crippen LogP contribution < -0.4 is 0 Å². The van der Waals surface area contributed by atoms with Crippen LogP contribution in [0.5, 0.6) is 0 Å². The normalized spacial score (nSPS) is 29.9. The van der Waals surface area contributed by atoms with Crippen LogP contribution in [-0.2, 0) is 4.43 Å². The van der Waals surface area contributed by atoms with E-state index in [0.29, 0.717) is 6.61 Å². The first-order chi connectivity index (χ1) is 8.48. The van der Waals surface area contributed by atoms with Gasteiger partial charge < -0.3 is 9.53 Å². The number of rotatable bonds is 3. The standard InChI is InChI=1S/C16H32O2Si/c1-13-8-9-14(17)16(5,11-10-13)12-18-19(6,7)15(2,3)4/h10,14,17H,8-9,11-12H2,1-7H3/t14-,16+/m0/s1. The van der Waals surface area contributed by atoms with E-state index in [4.69, 9.17) is 4.43 Å². The summed E-state index contributed by atoms with van der Waals surface area (Å²) in [7, 11) is -1.73. The number of allylic oxidation sites excluding steroid dienone is 2. The maximum Gasteiger partial charge on any atom is 0.192 e. The molecule has 0 aromatic heterocycles. The highest BCUT2D eigenvalue weighted by molar-refractivity contribution is 6.74. The molecule has 0 saturated heterocycles. The summed E-state index contributed by atoms with van der Waals surface area (Å²) in [5, 5.41) is 10.7. The van der Waals surface area contributed by atoms with Crippen molar-refractivity contribution < 1.29 is 9.53 Å². The minimum absolute atomic E-state index is 0.132. The van der Waals surface area contributed by atoms with Gasteiger partial charge in [-0.15, -0.1) is 0 Å². The summed E-state index contributed by atoms with van der Waals surface area (Å²) >= 11 is 0. The van der Waals surface area contributed by atoms with Crippen LogP contribution in [0.2, 0.25) is 18.1 Å².